The number of carbonyl (C=O) groups excluding carboxylic acids is 2. The summed E-state index contributed by atoms with van der Waals surface area (Å²) in [6.07, 6.45) is 0. The van der Waals surface area contributed by atoms with E-state index in [1.807, 2.05) is 56.3 Å². The van der Waals surface area contributed by atoms with Crippen molar-refractivity contribution in [3.8, 4) is 5.75 Å². The number of benzene rings is 3. The fourth-order valence-corrected chi connectivity index (χ4v) is 5.45. The summed E-state index contributed by atoms with van der Waals surface area (Å²) in [5.41, 5.74) is 4.65. The number of carbonyl (C=O) groups is 2. The number of nitrogens with zero attached hydrogens (tertiary/aromatic N) is 2. The number of halogens is 1. The van der Waals surface area contributed by atoms with Gasteiger partial charge < -0.3 is 19.2 Å². The fraction of sp³-hybridized carbons (Fsp3) is 0.250. The molecule has 0 aliphatic carbocycles. The van der Waals surface area contributed by atoms with Gasteiger partial charge in [0, 0.05) is 40.9 Å². The summed E-state index contributed by atoms with van der Waals surface area (Å²) in [5, 5.41) is 12.2. The Labute approximate surface area is 238 Å². The van der Waals surface area contributed by atoms with Crippen LogP contribution in [0, 0.1) is 13.8 Å². The lowest BCUT2D eigenvalue weighted by atomic mass is 9.94. The molecule has 1 atom stereocenters. The first-order valence-electron chi connectivity index (χ1n) is 13.2. The van der Waals surface area contributed by atoms with Gasteiger partial charge in [0.05, 0.1) is 18.7 Å². The Morgan fingerprint density at radius 3 is 2.35 bits per heavy atom. The van der Waals surface area contributed by atoms with E-state index in [0.29, 0.717) is 33.0 Å². The van der Waals surface area contributed by atoms with E-state index in [1.165, 1.54) is 12.0 Å². The lowest BCUT2D eigenvalue weighted by Gasteiger charge is -2.28. The molecule has 3 aromatic carbocycles. The van der Waals surface area contributed by atoms with Crippen LogP contribution in [0.1, 0.15) is 47.1 Å². The number of amides is 1. The second kappa shape index (κ2) is 10.7. The molecule has 0 saturated carbocycles. The summed E-state index contributed by atoms with van der Waals surface area (Å²) in [4.78, 5) is 31.3. The SMILES string of the molecule is CCN(CC)c1ccc(C2C(C(=O)c3cc4cc(Cl)cc(OC)c4o3)=C(O)C(=O)N2c2ccc(C)c(C)c2)cc1. The van der Waals surface area contributed by atoms with Crippen LogP contribution in [-0.4, -0.2) is 37.0 Å². The van der Waals surface area contributed by atoms with Crippen LogP contribution >= 0.6 is 11.6 Å². The summed E-state index contributed by atoms with van der Waals surface area (Å²) in [6.45, 7) is 9.80. The Balaban J connectivity index is 1.65. The first kappa shape index (κ1) is 27.3. The van der Waals surface area contributed by atoms with Gasteiger partial charge in [0.1, 0.15) is 0 Å². The van der Waals surface area contributed by atoms with Gasteiger partial charge in [0.25, 0.3) is 5.91 Å². The maximum absolute atomic E-state index is 14.0. The second-order valence-electron chi connectivity index (χ2n) is 9.84. The van der Waals surface area contributed by atoms with Crippen molar-refractivity contribution < 1.29 is 23.8 Å². The number of Topliss-reactive ketones (excluding diaryl/α,β-unsaturated/α-hetero) is 1. The van der Waals surface area contributed by atoms with E-state index in [4.69, 9.17) is 20.8 Å². The number of aliphatic hydroxyl groups excluding tert-OH is 1. The smallest absolute Gasteiger partial charge is 0.294 e. The summed E-state index contributed by atoms with van der Waals surface area (Å²) < 4.78 is 11.3. The van der Waals surface area contributed by atoms with Crippen LogP contribution in [0.25, 0.3) is 11.0 Å². The molecule has 40 heavy (non-hydrogen) atoms. The van der Waals surface area contributed by atoms with Gasteiger partial charge >= 0.3 is 0 Å². The molecule has 1 N–H and O–H groups in total. The molecule has 1 aliphatic heterocycles. The molecule has 0 saturated heterocycles. The summed E-state index contributed by atoms with van der Waals surface area (Å²) in [6, 6.07) is 17.3. The molecular weight excluding hydrogens is 528 g/mol. The number of anilines is 2. The molecule has 2 heterocycles. The highest BCUT2D eigenvalue weighted by Gasteiger charge is 2.45. The molecule has 0 spiro atoms. The second-order valence-corrected chi connectivity index (χ2v) is 10.3. The maximum Gasteiger partial charge on any atom is 0.294 e. The number of ketones is 1. The third kappa shape index (κ3) is 4.60. The molecule has 206 valence electrons. The minimum absolute atomic E-state index is 0.0309. The molecule has 1 unspecified atom stereocenters. The van der Waals surface area contributed by atoms with Gasteiger partial charge in [0.2, 0.25) is 5.78 Å². The first-order valence-corrected chi connectivity index (χ1v) is 13.6. The quantitative estimate of drug-likeness (QED) is 0.228. The van der Waals surface area contributed by atoms with Gasteiger partial charge in [0.15, 0.2) is 22.9 Å². The number of aryl methyl sites for hydroxylation is 2. The van der Waals surface area contributed by atoms with Crippen LogP contribution in [-0.2, 0) is 4.79 Å². The average molecular weight is 559 g/mol. The third-order valence-corrected chi connectivity index (χ3v) is 7.77. The summed E-state index contributed by atoms with van der Waals surface area (Å²) in [7, 11) is 1.48. The molecule has 1 aliphatic rings. The average Bonchev–Trinajstić information content (AvgIpc) is 3.49. The number of fused-ring (bicyclic) bond motifs is 1. The number of furan rings is 1. The topological polar surface area (TPSA) is 83.2 Å². The number of ether oxygens (including phenoxy) is 1. The zero-order valence-corrected chi connectivity index (χ0v) is 23.9. The van der Waals surface area contributed by atoms with E-state index < -0.39 is 23.5 Å². The molecule has 4 aromatic rings. The van der Waals surface area contributed by atoms with Gasteiger partial charge in [-0.25, -0.2) is 0 Å². The predicted molar refractivity (Wildman–Crippen MR) is 158 cm³/mol. The number of aliphatic hydroxyl groups is 1. The minimum atomic E-state index is -0.869. The minimum Gasteiger partial charge on any atom is -0.503 e. The predicted octanol–water partition coefficient (Wildman–Crippen LogP) is 7.34. The molecule has 8 heteroatoms. The number of rotatable bonds is 8. The van der Waals surface area contributed by atoms with Crippen LogP contribution in [0.4, 0.5) is 11.4 Å². The van der Waals surface area contributed by atoms with Crippen molar-refractivity contribution in [1.82, 2.24) is 0 Å². The number of hydrogen-bond donors (Lipinski definition) is 1. The standard InChI is InChI=1S/C32H31ClN2O5/c1-6-34(7-2)23-12-9-20(10-13-23)28-27(30(37)32(38)35(28)24-11-8-18(3)19(4)14-24)29(36)25-16-21-15-22(33)17-26(39-5)31(21)40-25/h8-17,28,37H,6-7H2,1-5H3. The molecule has 5 rings (SSSR count). The zero-order chi connectivity index (χ0) is 28.7. The first-order chi connectivity index (χ1) is 19.2. The van der Waals surface area contributed by atoms with Gasteiger partial charge in [-0.2, -0.15) is 0 Å². The van der Waals surface area contributed by atoms with E-state index in [2.05, 4.69) is 18.7 Å². The van der Waals surface area contributed by atoms with Crippen LogP contribution in [0.3, 0.4) is 0 Å². The Bertz CT molecular complexity index is 1650. The zero-order valence-electron chi connectivity index (χ0n) is 23.1. The monoisotopic (exact) mass is 558 g/mol. The van der Waals surface area contributed by atoms with E-state index >= 15 is 0 Å². The third-order valence-electron chi connectivity index (χ3n) is 7.55. The Kier molecular flexibility index (Phi) is 7.34. The van der Waals surface area contributed by atoms with Crippen molar-refractivity contribution in [2.75, 3.05) is 30.0 Å². The molecule has 0 radical (unpaired) electrons. The van der Waals surface area contributed by atoms with Gasteiger partial charge in [-0.1, -0.05) is 29.8 Å². The van der Waals surface area contributed by atoms with Crippen LogP contribution in [0.2, 0.25) is 5.02 Å². The van der Waals surface area contributed by atoms with Gasteiger partial charge in [-0.15, -0.1) is 0 Å². The van der Waals surface area contributed by atoms with Crippen molar-refractivity contribution >= 4 is 45.6 Å². The van der Waals surface area contributed by atoms with E-state index in [1.54, 1.807) is 18.2 Å². The van der Waals surface area contributed by atoms with Crippen LogP contribution in [0.5, 0.6) is 5.75 Å². The highest BCUT2D eigenvalue weighted by atomic mass is 35.5. The largest absolute Gasteiger partial charge is 0.503 e. The van der Waals surface area contributed by atoms with Crippen molar-refractivity contribution in [1.29, 1.82) is 0 Å². The number of methoxy groups -OCH3 is 1. The molecular formula is C32H31ClN2O5. The Hall–Kier alpha value is -4.23. The van der Waals surface area contributed by atoms with E-state index in [0.717, 1.165) is 29.9 Å². The molecule has 0 fully saturated rings. The lowest BCUT2D eigenvalue weighted by Crippen LogP contribution is -2.31. The van der Waals surface area contributed by atoms with Crippen LogP contribution < -0.4 is 14.5 Å². The summed E-state index contributed by atoms with van der Waals surface area (Å²) >= 11 is 6.22. The Morgan fingerprint density at radius 2 is 1.73 bits per heavy atom. The van der Waals surface area contributed by atoms with Crippen molar-refractivity contribution in [3.63, 3.8) is 0 Å². The molecule has 0 bridgehead atoms. The van der Waals surface area contributed by atoms with Crippen molar-refractivity contribution in [2.45, 2.75) is 33.7 Å². The van der Waals surface area contributed by atoms with E-state index in [-0.39, 0.29) is 11.3 Å². The van der Waals surface area contributed by atoms with Crippen molar-refractivity contribution in [3.05, 3.63) is 99.5 Å². The molecule has 1 aromatic heterocycles. The fourth-order valence-electron chi connectivity index (χ4n) is 5.23. The van der Waals surface area contributed by atoms with Crippen LogP contribution in [0.15, 0.2) is 76.4 Å². The molecule has 1 amide bonds. The highest BCUT2D eigenvalue weighted by molar-refractivity contribution is 6.31. The summed E-state index contributed by atoms with van der Waals surface area (Å²) in [5.74, 6) is -1.50. The lowest BCUT2D eigenvalue weighted by molar-refractivity contribution is -0.117. The Morgan fingerprint density at radius 1 is 1.02 bits per heavy atom. The molecule has 7 nitrogen and oxygen atoms in total. The highest BCUT2D eigenvalue weighted by Crippen LogP contribution is 2.43. The van der Waals surface area contributed by atoms with Gasteiger partial charge in [-0.3, -0.25) is 14.5 Å². The normalized spacial score (nSPS) is 15.3. The van der Waals surface area contributed by atoms with Crippen molar-refractivity contribution in [2.24, 2.45) is 0 Å². The van der Waals surface area contributed by atoms with E-state index in [9.17, 15) is 14.7 Å². The number of hydrogen-bond acceptors (Lipinski definition) is 6. The van der Waals surface area contributed by atoms with Gasteiger partial charge in [-0.05, 0) is 80.8 Å². The maximum atomic E-state index is 14.0.